The van der Waals surface area contributed by atoms with E-state index in [9.17, 15) is 29.5 Å². The summed E-state index contributed by atoms with van der Waals surface area (Å²) < 4.78 is 27.8. The third-order valence-corrected chi connectivity index (χ3v) is 14.5. The van der Waals surface area contributed by atoms with E-state index in [4.69, 9.17) is 23.5 Å². The van der Waals surface area contributed by atoms with Crippen molar-refractivity contribution in [3.8, 4) is 11.1 Å². The summed E-state index contributed by atoms with van der Waals surface area (Å²) in [5, 5.41) is 34.4. The minimum absolute atomic E-state index is 0.0209. The van der Waals surface area contributed by atoms with Crippen LogP contribution in [0.2, 0.25) is 0 Å². The van der Waals surface area contributed by atoms with Crippen LogP contribution in [-0.2, 0) is 33.3 Å². The molecular weight excluding hydrogens is 969 g/mol. The first kappa shape index (κ1) is 55.9. The molecule has 1 saturated heterocycles. The molecule has 0 saturated carbocycles. The van der Waals surface area contributed by atoms with Crippen LogP contribution in [0.4, 0.5) is 10.5 Å². The zero-order chi connectivity index (χ0) is 52.9. The van der Waals surface area contributed by atoms with Gasteiger partial charge in [0.25, 0.3) is 0 Å². The number of hydroxylamine groups is 2. The summed E-state index contributed by atoms with van der Waals surface area (Å²) in [5.41, 5.74) is 8.43. The monoisotopic (exact) mass is 1040 g/mol. The van der Waals surface area contributed by atoms with Crippen LogP contribution in [-0.4, -0.2) is 165 Å². The Morgan fingerprint density at radius 1 is 0.959 bits per heavy atom. The molecule has 4 aromatic rings. The fraction of sp³-hybridized carbons (Fsp3) is 0.519. The topological polar surface area (TPSA) is 224 Å². The lowest BCUT2D eigenvalue weighted by molar-refractivity contribution is -0.144. The third-order valence-electron chi connectivity index (χ3n) is 13.4. The summed E-state index contributed by atoms with van der Waals surface area (Å²) in [5.74, 6) is -0.348. The summed E-state index contributed by atoms with van der Waals surface area (Å²) in [7, 11) is 1.74. The number of carbonyl (C=O) groups is 4. The second-order valence-corrected chi connectivity index (χ2v) is 20.8. The predicted molar refractivity (Wildman–Crippen MR) is 280 cm³/mol. The van der Waals surface area contributed by atoms with Crippen molar-refractivity contribution in [1.29, 1.82) is 0 Å². The standard InChI is InChI=1S/C54H71N8O11S/c1-35-47(37(3)73-58-35)41-17-18-44-43(29-41)48(39-11-9-8-10-12-39)61(53(67)59(44)7)20-19-60(68)21-22-69-23-24-70-25-26-71-27-28-72-33-46(64)57-50(54(4,5)6)52(66)62-32-42(63)30-45(62)51(65)55-31-38-13-15-40(16-14-38)49-36(2)56-34-74-49/h8-15,17-18,29,34,40,42,45,48,50,63H,16,19-28,30-33H2,1-7H3,(H,55,65)(H,57,64)/q-1/t40?,42-,45+,48?,50?/m1/s1. The number of nitrogens with zero attached hydrogens (tertiary/aromatic N) is 6. The number of amides is 5. The van der Waals surface area contributed by atoms with Gasteiger partial charge >= 0.3 is 6.03 Å². The molecule has 20 heteroatoms. The average Bonchev–Trinajstić information content (AvgIpc) is 4.10. The normalized spacial score (nSPS) is 19.2. The maximum atomic E-state index is 14.0. The van der Waals surface area contributed by atoms with Gasteiger partial charge in [-0.05, 0) is 61.4 Å². The van der Waals surface area contributed by atoms with Crippen LogP contribution in [0.25, 0.3) is 11.1 Å². The van der Waals surface area contributed by atoms with E-state index >= 15 is 0 Å². The van der Waals surface area contributed by atoms with Crippen LogP contribution in [0.5, 0.6) is 0 Å². The Hall–Kier alpha value is -5.84. The van der Waals surface area contributed by atoms with Crippen molar-refractivity contribution in [2.24, 2.45) is 5.41 Å². The van der Waals surface area contributed by atoms with Gasteiger partial charge in [0.05, 0.1) is 81.0 Å². The highest BCUT2D eigenvalue weighted by atomic mass is 32.1. The van der Waals surface area contributed by atoms with Crippen LogP contribution in [0.15, 0.2) is 82.4 Å². The molecule has 0 spiro atoms. The van der Waals surface area contributed by atoms with Gasteiger partial charge in [-0.3, -0.25) is 19.3 Å². The van der Waals surface area contributed by atoms with Crippen molar-refractivity contribution in [2.45, 2.75) is 84.5 Å². The van der Waals surface area contributed by atoms with E-state index in [1.54, 1.807) is 28.2 Å². The van der Waals surface area contributed by atoms with E-state index in [1.807, 2.05) is 95.6 Å². The number of anilines is 1. The molecule has 19 nitrogen and oxygen atoms in total. The molecule has 0 radical (unpaired) electrons. The Bertz CT molecular complexity index is 2580. The van der Waals surface area contributed by atoms with E-state index in [-0.39, 0.29) is 90.1 Å². The summed E-state index contributed by atoms with van der Waals surface area (Å²) in [6.45, 7) is 13.3. The number of aliphatic hydroxyl groups is 1. The molecule has 2 aliphatic heterocycles. The van der Waals surface area contributed by atoms with Gasteiger partial charge in [0.2, 0.25) is 17.7 Å². The number of nitrogens with one attached hydrogen (secondary N) is 2. The lowest BCUT2D eigenvalue weighted by atomic mass is 9.85. The second-order valence-electron chi connectivity index (χ2n) is 19.9. The van der Waals surface area contributed by atoms with Crippen molar-refractivity contribution in [1.82, 2.24) is 35.6 Å². The smallest absolute Gasteiger partial charge is 0.325 e. The molecule has 5 amide bonds. The zero-order valence-electron chi connectivity index (χ0n) is 43.5. The number of hydrogen-bond acceptors (Lipinski definition) is 15. The quantitative estimate of drug-likeness (QED) is 0.0525. The predicted octanol–water partition coefficient (Wildman–Crippen LogP) is 5.83. The number of urea groups is 1. The maximum Gasteiger partial charge on any atom is 0.325 e. The van der Waals surface area contributed by atoms with Crippen molar-refractivity contribution in [3.63, 3.8) is 0 Å². The zero-order valence-corrected chi connectivity index (χ0v) is 44.4. The van der Waals surface area contributed by atoms with Crippen LogP contribution in [0.1, 0.15) is 78.7 Å². The number of likely N-dealkylation sites (tertiary alicyclic amines) is 1. The molecule has 3 unspecified atom stereocenters. The number of rotatable bonds is 25. The highest BCUT2D eigenvalue weighted by Crippen LogP contribution is 2.43. The molecule has 1 aliphatic carbocycles. The first-order valence-corrected chi connectivity index (χ1v) is 26.1. The number of hydrogen-bond donors (Lipinski definition) is 3. The molecular formula is C54H71N8O11S-. The Morgan fingerprint density at radius 3 is 2.30 bits per heavy atom. The number of aryl methyl sites for hydroxylation is 3. The summed E-state index contributed by atoms with van der Waals surface area (Å²) in [4.78, 5) is 64.6. The Kier molecular flexibility index (Phi) is 19.7. The molecule has 5 atom stereocenters. The Labute approximate surface area is 437 Å². The van der Waals surface area contributed by atoms with Crippen LogP contribution < -0.4 is 15.5 Å². The largest absolute Gasteiger partial charge is 0.785 e. The fourth-order valence-electron chi connectivity index (χ4n) is 9.53. The van der Waals surface area contributed by atoms with Gasteiger partial charge in [-0.15, -0.1) is 11.3 Å². The highest BCUT2D eigenvalue weighted by molar-refractivity contribution is 7.09. The van der Waals surface area contributed by atoms with Gasteiger partial charge in [-0.25, -0.2) is 9.78 Å². The SMILES string of the molecule is Cc1ncsc1C1C=CC(CNC(=O)[C@@H]2C[C@@H](O)CN2C(=O)C(NC(=O)COCCOCCOCCOCCN([O-])CCN2C(=O)N(C)c3ccc(-c4c(C)noc4C)cc3C2c2ccccc2)C(C)(C)C)=CC1. The van der Waals surface area contributed by atoms with Crippen LogP contribution in [0.3, 0.4) is 0 Å². The molecule has 3 aliphatic rings. The molecule has 2 aromatic heterocycles. The number of benzene rings is 2. The molecule has 2 aromatic carbocycles. The van der Waals surface area contributed by atoms with E-state index in [1.165, 1.54) is 9.78 Å². The number of aliphatic hydroxyl groups excluding tert-OH is 1. The number of fused-ring (bicyclic) bond motifs is 1. The maximum absolute atomic E-state index is 14.0. The fourth-order valence-corrected chi connectivity index (χ4v) is 10.4. The summed E-state index contributed by atoms with van der Waals surface area (Å²) in [6.07, 6.45) is 6.25. The minimum atomic E-state index is -0.977. The Balaban J connectivity index is 0.751. The number of thiazole rings is 1. The van der Waals surface area contributed by atoms with E-state index in [0.717, 1.165) is 56.4 Å². The van der Waals surface area contributed by atoms with Crippen molar-refractivity contribution < 1.29 is 47.8 Å². The summed E-state index contributed by atoms with van der Waals surface area (Å²) in [6, 6.07) is 13.3. The second kappa shape index (κ2) is 26.1. The van der Waals surface area contributed by atoms with Crippen molar-refractivity contribution >= 4 is 40.8 Å². The van der Waals surface area contributed by atoms with Gasteiger partial charge in [0.1, 0.15) is 24.5 Å². The van der Waals surface area contributed by atoms with E-state index in [2.05, 4.69) is 39.0 Å². The molecule has 1 fully saturated rings. The van der Waals surface area contributed by atoms with Crippen LogP contribution in [0, 0.1) is 31.4 Å². The van der Waals surface area contributed by atoms with E-state index in [0.29, 0.717) is 25.5 Å². The molecule has 4 heterocycles. The van der Waals surface area contributed by atoms with E-state index < -0.39 is 41.5 Å². The first-order valence-electron chi connectivity index (χ1n) is 25.2. The highest BCUT2D eigenvalue weighted by Gasteiger charge is 2.45. The third kappa shape index (κ3) is 14.3. The average molecular weight is 1040 g/mol. The van der Waals surface area contributed by atoms with Crippen molar-refractivity contribution in [3.05, 3.63) is 116 Å². The van der Waals surface area contributed by atoms with Gasteiger partial charge in [0.15, 0.2) is 0 Å². The molecule has 400 valence electrons. The molecule has 3 N–H and O–H groups in total. The minimum Gasteiger partial charge on any atom is -0.785 e. The summed E-state index contributed by atoms with van der Waals surface area (Å²) >= 11 is 1.63. The van der Waals surface area contributed by atoms with Gasteiger partial charge in [-0.1, -0.05) is 80.6 Å². The number of ether oxygens (including phenoxy) is 4. The van der Waals surface area contributed by atoms with Crippen molar-refractivity contribution in [2.75, 3.05) is 97.5 Å². The van der Waals surface area contributed by atoms with Gasteiger partial charge in [-0.2, -0.15) is 0 Å². The van der Waals surface area contributed by atoms with Crippen LogP contribution >= 0.6 is 11.3 Å². The van der Waals surface area contributed by atoms with Gasteiger partial charge in [0, 0.05) is 68.1 Å². The number of carbonyl (C=O) groups excluding carboxylic acids is 4. The molecule has 0 bridgehead atoms. The molecule has 7 rings (SSSR count). The first-order chi connectivity index (χ1) is 35.5. The molecule has 74 heavy (non-hydrogen) atoms. The number of β-amino-alcohol motifs (C(OH)–C–C–N with tert-alkyl or cyclic N) is 1. The number of aromatic nitrogens is 2. The lowest BCUT2D eigenvalue weighted by Gasteiger charge is -2.43. The van der Waals surface area contributed by atoms with Gasteiger partial charge < -0.3 is 59.3 Å². The Morgan fingerprint density at radius 2 is 1.66 bits per heavy atom. The number of allylic oxidation sites excluding steroid dienone is 2. The lowest BCUT2D eigenvalue weighted by Crippen LogP contribution is -2.58.